The third-order valence-corrected chi connectivity index (χ3v) is 4.99. The summed E-state index contributed by atoms with van der Waals surface area (Å²) in [5.74, 6) is 0.0554. The number of carbonyl (C=O) groups excluding carboxylic acids is 2. The van der Waals surface area contributed by atoms with E-state index in [2.05, 4.69) is 20.9 Å². The molecule has 0 unspecified atom stereocenters. The van der Waals surface area contributed by atoms with Gasteiger partial charge in [-0.2, -0.15) is 0 Å². The summed E-state index contributed by atoms with van der Waals surface area (Å²) in [7, 11) is 0. The van der Waals surface area contributed by atoms with Crippen molar-refractivity contribution in [2.45, 2.75) is 19.8 Å². The minimum atomic E-state index is -0.312. The van der Waals surface area contributed by atoms with Crippen molar-refractivity contribution in [1.82, 2.24) is 15.6 Å². The number of amides is 3. The predicted molar refractivity (Wildman–Crippen MR) is 111 cm³/mol. The van der Waals surface area contributed by atoms with E-state index in [0.717, 1.165) is 26.5 Å². The van der Waals surface area contributed by atoms with Crippen molar-refractivity contribution < 1.29 is 14.7 Å². The number of urea groups is 1. The fourth-order valence-corrected chi connectivity index (χ4v) is 3.54. The second kappa shape index (κ2) is 9.18. The maximum atomic E-state index is 12.0. The number of benzene rings is 2. The van der Waals surface area contributed by atoms with Gasteiger partial charge in [-0.15, -0.1) is 11.3 Å². The number of rotatable bonds is 7. The average Bonchev–Trinajstić information content (AvgIpc) is 3.02. The van der Waals surface area contributed by atoms with Gasteiger partial charge in [-0.3, -0.25) is 4.79 Å². The summed E-state index contributed by atoms with van der Waals surface area (Å²) in [5, 5.41) is 18.5. The highest BCUT2D eigenvalue weighted by atomic mass is 32.1. The minimum Gasteiger partial charge on any atom is -0.508 e. The molecule has 1 aromatic heterocycles. The SMILES string of the molecule is Cc1nc2ccc(NC(=O)CCNC(=O)NCCc3ccc(O)cc3)cc2s1. The van der Waals surface area contributed by atoms with Crippen LogP contribution >= 0.6 is 11.3 Å². The van der Waals surface area contributed by atoms with Crippen LogP contribution in [0.4, 0.5) is 10.5 Å². The van der Waals surface area contributed by atoms with Gasteiger partial charge in [0.25, 0.3) is 0 Å². The quantitative estimate of drug-likeness (QED) is 0.491. The molecule has 1 heterocycles. The Morgan fingerprint density at radius 2 is 1.82 bits per heavy atom. The van der Waals surface area contributed by atoms with Gasteiger partial charge in [-0.25, -0.2) is 9.78 Å². The number of hydrogen-bond donors (Lipinski definition) is 4. The third kappa shape index (κ3) is 5.68. The van der Waals surface area contributed by atoms with Crippen molar-refractivity contribution in [3.05, 3.63) is 53.0 Å². The normalized spacial score (nSPS) is 10.6. The fourth-order valence-electron chi connectivity index (χ4n) is 2.68. The average molecular weight is 398 g/mol. The summed E-state index contributed by atoms with van der Waals surface area (Å²) in [6, 6.07) is 12.1. The number of phenolic OH excluding ortho intramolecular Hbond substituents is 1. The molecule has 8 heteroatoms. The smallest absolute Gasteiger partial charge is 0.314 e. The first-order chi connectivity index (χ1) is 13.5. The van der Waals surface area contributed by atoms with Crippen molar-refractivity contribution in [3.8, 4) is 5.75 Å². The van der Waals surface area contributed by atoms with E-state index in [1.807, 2.05) is 37.3 Å². The monoisotopic (exact) mass is 398 g/mol. The van der Waals surface area contributed by atoms with Crippen LogP contribution in [0.15, 0.2) is 42.5 Å². The van der Waals surface area contributed by atoms with E-state index >= 15 is 0 Å². The van der Waals surface area contributed by atoms with Crippen molar-refractivity contribution in [3.63, 3.8) is 0 Å². The molecule has 0 aliphatic carbocycles. The van der Waals surface area contributed by atoms with Crippen LogP contribution in [0.2, 0.25) is 0 Å². The highest BCUT2D eigenvalue weighted by Gasteiger charge is 2.07. The summed E-state index contributed by atoms with van der Waals surface area (Å²) in [4.78, 5) is 28.2. The van der Waals surface area contributed by atoms with Gasteiger partial charge in [0.15, 0.2) is 0 Å². The Bertz CT molecular complexity index is 969. The Balaban J connectivity index is 1.34. The lowest BCUT2D eigenvalue weighted by atomic mass is 10.1. The zero-order valence-corrected chi connectivity index (χ0v) is 16.3. The molecule has 0 aliphatic heterocycles. The van der Waals surface area contributed by atoms with E-state index in [1.54, 1.807) is 23.5 Å². The first kappa shape index (κ1) is 19.6. The molecule has 0 radical (unpaired) electrons. The van der Waals surface area contributed by atoms with Gasteiger partial charge in [-0.1, -0.05) is 12.1 Å². The molecule has 2 aromatic carbocycles. The molecular weight excluding hydrogens is 376 g/mol. The van der Waals surface area contributed by atoms with Gasteiger partial charge in [0.1, 0.15) is 5.75 Å². The number of nitrogens with zero attached hydrogens (tertiary/aromatic N) is 1. The summed E-state index contributed by atoms with van der Waals surface area (Å²) in [5.41, 5.74) is 2.66. The van der Waals surface area contributed by atoms with Crippen LogP contribution in [0.5, 0.6) is 5.75 Å². The molecule has 0 saturated carbocycles. The van der Waals surface area contributed by atoms with E-state index in [4.69, 9.17) is 0 Å². The number of carbonyl (C=O) groups is 2. The van der Waals surface area contributed by atoms with Gasteiger partial charge in [0.2, 0.25) is 5.91 Å². The van der Waals surface area contributed by atoms with E-state index in [9.17, 15) is 14.7 Å². The maximum absolute atomic E-state index is 12.0. The predicted octanol–water partition coefficient (Wildman–Crippen LogP) is 3.18. The number of anilines is 1. The number of aryl methyl sites for hydroxylation is 1. The lowest BCUT2D eigenvalue weighted by Crippen LogP contribution is -2.38. The van der Waals surface area contributed by atoms with Gasteiger partial charge in [-0.05, 0) is 49.2 Å². The molecule has 7 nitrogen and oxygen atoms in total. The number of aromatic nitrogens is 1. The molecule has 3 aromatic rings. The zero-order chi connectivity index (χ0) is 19.9. The van der Waals surface area contributed by atoms with Gasteiger partial charge < -0.3 is 21.1 Å². The molecule has 0 saturated heterocycles. The number of phenols is 1. The topological polar surface area (TPSA) is 103 Å². The summed E-state index contributed by atoms with van der Waals surface area (Å²) in [6.45, 7) is 2.67. The Labute approximate surface area is 166 Å². The molecule has 4 N–H and O–H groups in total. The van der Waals surface area contributed by atoms with Crippen LogP contribution in [-0.2, 0) is 11.2 Å². The van der Waals surface area contributed by atoms with E-state index in [0.29, 0.717) is 13.0 Å². The van der Waals surface area contributed by atoms with Crippen LogP contribution in [-0.4, -0.2) is 35.1 Å². The number of fused-ring (bicyclic) bond motifs is 1. The van der Waals surface area contributed by atoms with Gasteiger partial charge in [0.05, 0.1) is 15.2 Å². The molecular formula is C20H22N4O3S. The summed E-state index contributed by atoms with van der Waals surface area (Å²) >= 11 is 1.58. The van der Waals surface area contributed by atoms with Crippen molar-refractivity contribution in [2.75, 3.05) is 18.4 Å². The van der Waals surface area contributed by atoms with E-state index in [-0.39, 0.29) is 30.7 Å². The Hall–Kier alpha value is -3.13. The maximum Gasteiger partial charge on any atom is 0.314 e. The van der Waals surface area contributed by atoms with Crippen LogP contribution in [0.3, 0.4) is 0 Å². The zero-order valence-electron chi connectivity index (χ0n) is 15.5. The van der Waals surface area contributed by atoms with Crippen LogP contribution in [0.25, 0.3) is 10.2 Å². The van der Waals surface area contributed by atoms with Crippen molar-refractivity contribution in [1.29, 1.82) is 0 Å². The number of aromatic hydroxyl groups is 1. The number of hydrogen-bond acceptors (Lipinski definition) is 5. The standard InChI is InChI=1S/C20H22N4O3S/c1-13-23-17-7-4-15(12-18(17)28-13)24-19(26)9-11-22-20(27)21-10-8-14-2-5-16(25)6-3-14/h2-7,12,25H,8-11H2,1H3,(H,24,26)(H2,21,22,27). The molecule has 0 atom stereocenters. The first-order valence-electron chi connectivity index (χ1n) is 8.96. The van der Waals surface area contributed by atoms with Gasteiger partial charge >= 0.3 is 6.03 Å². The lowest BCUT2D eigenvalue weighted by molar-refractivity contribution is -0.116. The Morgan fingerprint density at radius 1 is 1.07 bits per heavy atom. The third-order valence-electron chi connectivity index (χ3n) is 4.05. The molecule has 3 amide bonds. The highest BCUT2D eigenvalue weighted by molar-refractivity contribution is 7.18. The molecule has 0 spiro atoms. The minimum absolute atomic E-state index is 0.162. The first-order valence-corrected chi connectivity index (χ1v) is 9.78. The molecule has 146 valence electrons. The molecule has 0 fully saturated rings. The van der Waals surface area contributed by atoms with Crippen molar-refractivity contribution in [2.24, 2.45) is 0 Å². The highest BCUT2D eigenvalue weighted by Crippen LogP contribution is 2.24. The van der Waals surface area contributed by atoms with Crippen molar-refractivity contribution >= 4 is 39.2 Å². The molecule has 28 heavy (non-hydrogen) atoms. The Kier molecular flexibility index (Phi) is 6.44. The molecule has 0 bridgehead atoms. The largest absolute Gasteiger partial charge is 0.508 e. The molecule has 0 aliphatic rings. The number of thiazole rings is 1. The second-order valence-corrected chi connectivity index (χ2v) is 7.55. The summed E-state index contributed by atoms with van der Waals surface area (Å²) < 4.78 is 1.03. The van der Waals surface area contributed by atoms with E-state index < -0.39 is 0 Å². The van der Waals surface area contributed by atoms with Crippen LogP contribution in [0, 0.1) is 6.92 Å². The fraction of sp³-hybridized carbons (Fsp3) is 0.250. The number of nitrogens with one attached hydrogen (secondary N) is 3. The van der Waals surface area contributed by atoms with Crippen LogP contribution < -0.4 is 16.0 Å². The molecule has 3 rings (SSSR count). The Morgan fingerprint density at radius 3 is 2.61 bits per heavy atom. The van der Waals surface area contributed by atoms with E-state index in [1.165, 1.54) is 0 Å². The lowest BCUT2D eigenvalue weighted by Gasteiger charge is -2.08. The summed E-state index contributed by atoms with van der Waals surface area (Å²) in [6.07, 6.45) is 0.846. The van der Waals surface area contributed by atoms with Gasteiger partial charge in [0, 0.05) is 25.2 Å². The van der Waals surface area contributed by atoms with Crippen LogP contribution in [0.1, 0.15) is 17.0 Å². The second-order valence-electron chi connectivity index (χ2n) is 6.31.